The van der Waals surface area contributed by atoms with E-state index < -0.39 is 17.9 Å². The van der Waals surface area contributed by atoms with Crippen molar-refractivity contribution in [3.63, 3.8) is 0 Å². The van der Waals surface area contributed by atoms with E-state index in [-0.39, 0.29) is 27.9 Å². The first kappa shape index (κ1) is 27.0. The zero-order valence-corrected chi connectivity index (χ0v) is 22.1. The van der Waals surface area contributed by atoms with Crippen molar-refractivity contribution in [2.75, 3.05) is 13.1 Å². The molecule has 1 aliphatic heterocycles. The minimum absolute atomic E-state index is 0.0480. The third-order valence-corrected chi connectivity index (χ3v) is 7.53. The summed E-state index contributed by atoms with van der Waals surface area (Å²) in [6.45, 7) is 1.27. The maximum absolute atomic E-state index is 12.8. The molecule has 0 radical (unpaired) electrons. The molecule has 3 aromatic rings. The molecule has 2 N–H and O–H groups in total. The number of hydrogen-bond donors (Lipinski definition) is 2. The molecule has 2 amide bonds. The van der Waals surface area contributed by atoms with E-state index in [1.807, 2.05) is 29.2 Å². The molecule has 0 unspecified atom stereocenters. The monoisotopic (exact) mass is 558 g/mol. The number of carboxylic acids is 1. The molecular formula is C28H25Cl3N2O4. The number of amides is 2. The Hall–Kier alpha value is -3.06. The highest BCUT2D eigenvalue weighted by Gasteiger charge is 2.27. The predicted octanol–water partition coefficient (Wildman–Crippen LogP) is 6.09. The normalized spacial score (nSPS) is 14.7. The van der Waals surface area contributed by atoms with Crippen molar-refractivity contribution < 1.29 is 19.5 Å². The van der Waals surface area contributed by atoms with Gasteiger partial charge >= 0.3 is 5.97 Å². The Balaban J connectivity index is 1.36. The summed E-state index contributed by atoms with van der Waals surface area (Å²) in [5.41, 5.74) is 2.47. The van der Waals surface area contributed by atoms with Crippen LogP contribution in [0.3, 0.4) is 0 Å². The first-order chi connectivity index (χ1) is 17.7. The molecule has 0 aromatic heterocycles. The lowest BCUT2D eigenvalue weighted by atomic mass is 9.88. The molecule has 3 aromatic carbocycles. The van der Waals surface area contributed by atoms with Crippen molar-refractivity contribution in [3.05, 3.63) is 104 Å². The minimum atomic E-state index is -1.16. The molecule has 6 nitrogen and oxygen atoms in total. The molecule has 9 heteroatoms. The topological polar surface area (TPSA) is 86.7 Å². The third-order valence-electron chi connectivity index (χ3n) is 6.57. The second kappa shape index (κ2) is 12.0. The standard InChI is InChI=1S/C28H25Cl3N2O4/c29-21-5-2-1-4-20(21)27(35)33-14-12-19(13-15-33)18-10-8-17(9-11-18)16-24(28(36)37)32-26(34)25-22(30)6-3-7-23(25)31/h1-11,19,24H,12-16H2,(H,32,34)(H,36,37)/t24-/m0/s1. The number of benzene rings is 3. The van der Waals surface area contributed by atoms with Crippen LogP contribution < -0.4 is 5.32 Å². The van der Waals surface area contributed by atoms with Crippen molar-refractivity contribution in [1.82, 2.24) is 10.2 Å². The number of rotatable bonds is 7. The van der Waals surface area contributed by atoms with Crippen LogP contribution in [0.25, 0.3) is 0 Å². The second-order valence-corrected chi connectivity index (χ2v) is 10.2. The molecule has 0 bridgehead atoms. The Bertz CT molecular complexity index is 1280. The number of carboxylic acid groups (broad SMARTS) is 1. The minimum Gasteiger partial charge on any atom is -0.480 e. The van der Waals surface area contributed by atoms with Gasteiger partial charge in [0, 0.05) is 19.5 Å². The van der Waals surface area contributed by atoms with Crippen LogP contribution >= 0.6 is 34.8 Å². The van der Waals surface area contributed by atoms with Crippen LogP contribution in [0.15, 0.2) is 66.7 Å². The summed E-state index contributed by atoms with van der Waals surface area (Å²) in [6, 6.07) is 18.3. The van der Waals surface area contributed by atoms with Crippen molar-refractivity contribution in [3.8, 4) is 0 Å². The number of nitrogens with zero attached hydrogens (tertiary/aromatic N) is 1. The highest BCUT2D eigenvalue weighted by atomic mass is 35.5. The number of aliphatic carboxylic acids is 1. The molecule has 1 aliphatic rings. The number of halogens is 3. The number of piperidine rings is 1. The molecular weight excluding hydrogens is 535 g/mol. The van der Waals surface area contributed by atoms with E-state index in [9.17, 15) is 19.5 Å². The van der Waals surface area contributed by atoms with Crippen LogP contribution in [0.2, 0.25) is 15.1 Å². The number of carbonyl (C=O) groups is 3. The summed E-state index contributed by atoms with van der Waals surface area (Å²) < 4.78 is 0. The fourth-order valence-electron chi connectivity index (χ4n) is 4.53. The van der Waals surface area contributed by atoms with E-state index in [2.05, 4.69) is 5.32 Å². The van der Waals surface area contributed by atoms with Gasteiger partial charge in [0.15, 0.2) is 0 Å². The molecule has 1 heterocycles. The average Bonchev–Trinajstić information content (AvgIpc) is 2.88. The maximum atomic E-state index is 12.8. The number of carbonyl (C=O) groups excluding carboxylic acids is 2. The van der Waals surface area contributed by atoms with E-state index in [1.165, 1.54) is 12.1 Å². The zero-order chi connectivity index (χ0) is 26.5. The van der Waals surface area contributed by atoms with Gasteiger partial charge in [-0.15, -0.1) is 0 Å². The van der Waals surface area contributed by atoms with Gasteiger partial charge in [0.1, 0.15) is 6.04 Å². The van der Waals surface area contributed by atoms with Crippen LogP contribution in [0.5, 0.6) is 0 Å². The lowest BCUT2D eigenvalue weighted by molar-refractivity contribution is -0.139. The third kappa shape index (κ3) is 6.45. The largest absolute Gasteiger partial charge is 0.480 e. The van der Waals surface area contributed by atoms with Crippen LogP contribution in [0.4, 0.5) is 0 Å². The first-order valence-electron chi connectivity index (χ1n) is 11.8. The lowest BCUT2D eigenvalue weighted by Gasteiger charge is -2.32. The van der Waals surface area contributed by atoms with E-state index in [4.69, 9.17) is 34.8 Å². The van der Waals surface area contributed by atoms with Gasteiger partial charge < -0.3 is 15.3 Å². The summed E-state index contributed by atoms with van der Waals surface area (Å²) in [5, 5.41) is 13.0. The van der Waals surface area contributed by atoms with E-state index in [0.29, 0.717) is 29.6 Å². The first-order valence-corrected chi connectivity index (χ1v) is 13.0. The van der Waals surface area contributed by atoms with Crippen LogP contribution in [-0.4, -0.2) is 46.9 Å². The predicted molar refractivity (Wildman–Crippen MR) is 145 cm³/mol. The smallest absolute Gasteiger partial charge is 0.326 e. The van der Waals surface area contributed by atoms with Gasteiger partial charge in [0.25, 0.3) is 11.8 Å². The van der Waals surface area contributed by atoms with Gasteiger partial charge in [0.2, 0.25) is 0 Å². The average molecular weight is 560 g/mol. The fourth-order valence-corrected chi connectivity index (χ4v) is 5.31. The fraction of sp³-hybridized carbons (Fsp3) is 0.250. The van der Waals surface area contributed by atoms with Crippen molar-refractivity contribution in [2.24, 2.45) is 0 Å². The van der Waals surface area contributed by atoms with Gasteiger partial charge in [-0.1, -0.05) is 77.3 Å². The summed E-state index contributed by atoms with van der Waals surface area (Å²) in [7, 11) is 0. The Kier molecular flexibility index (Phi) is 8.75. The molecule has 1 atom stereocenters. The molecule has 4 rings (SSSR count). The molecule has 1 saturated heterocycles. The van der Waals surface area contributed by atoms with Crippen LogP contribution in [0, 0.1) is 0 Å². The van der Waals surface area contributed by atoms with E-state index >= 15 is 0 Å². The molecule has 1 fully saturated rings. The van der Waals surface area contributed by atoms with Crippen molar-refractivity contribution in [2.45, 2.75) is 31.2 Å². The number of hydrogen-bond acceptors (Lipinski definition) is 3. The molecule has 0 aliphatic carbocycles. The van der Waals surface area contributed by atoms with Crippen LogP contribution in [-0.2, 0) is 11.2 Å². The molecule has 0 saturated carbocycles. The highest BCUT2D eigenvalue weighted by molar-refractivity contribution is 6.39. The summed E-state index contributed by atoms with van der Waals surface area (Å²) in [4.78, 5) is 39.2. The molecule has 0 spiro atoms. The van der Waals surface area contributed by atoms with Gasteiger partial charge in [0.05, 0.1) is 26.2 Å². The van der Waals surface area contributed by atoms with Gasteiger partial charge in [-0.3, -0.25) is 9.59 Å². The quantitative estimate of drug-likeness (QED) is 0.367. The molecule has 37 heavy (non-hydrogen) atoms. The SMILES string of the molecule is O=C(N[C@@H](Cc1ccc(C2CCN(C(=O)c3ccccc3Cl)CC2)cc1)C(=O)O)c1c(Cl)cccc1Cl. The maximum Gasteiger partial charge on any atom is 0.326 e. The Labute approximate surface area is 230 Å². The summed E-state index contributed by atoms with van der Waals surface area (Å²) >= 11 is 18.4. The summed E-state index contributed by atoms with van der Waals surface area (Å²) in [6.07, 6.45) is 1.75. The Morgan fingerprint density at radius 1 is 0.865 bits per heavy atom. The van der Waals surface area contributed by atoms with Gasteiger partial charge in [-0.2, -0.15) is 0 Å². The summed E-state index contributed by atoms with van der Waals surface area (Å²) in [5.74, 6) is -1.56. The van der Waals surface area contributed by atoms with Gasteiger partial charge in [-0.05, 0) is 54.2 Å². The number of likely N-dealkylation sites (tertiary alicyclic amines) is 1. The Morgan fingerprint density at radius 2 is 1.46 bits per heavy atom. The lowest BCUT2D eigenvalue weighted by Crippen LogP contribution is -2.42. The zero-order valence-electron chi connectivity index (χ0n) is 19.8. The van der Waals surface area contributed by atoms with Crippen molar-refractivity contribution in [1.29, 1.82) is 0 Å². The van der Waals surface area contributed by atoms with E-state index in [1.54, 1.807) is 30.3 Å². The highest BCUT2D eigenvalue weighted by Crippen LogP contribution is 2.30. The second-order valence-electron chi connectivity index (χ2n) is 8.95. The van der Waals surface area contributed by atoms with Crippen molar-refractivity contribution >= 4 is 52.6 Å². The Morgan fingerprint density at radius 3 is 2.05 bits per heavy atom. The number of nitrogens with one attached hydrogen (secondary N) is 1. The molecule has 192 valence electrons. The van der Waals surface area contributed by atoms with Crippen LogP contribution in [0.1, 0.15) is 50.6 Å². The van der Waals surface area contributed by atoms with E-state index in [0.717, 1.165) is 24.0 Å². The van der Waals surface area contributed by atoms with Gasteiger partial charge in [-0.25, -0.2) is 4.79 Å².